The number of nitrogens with one attached hydrogen (secondary N) is 1. The number of furan rings is 1. The van der Waals surface area contributed by atoms with Gasteiger partial charge in [0.2, 0.25) is 0 Å². The van der Waals surface area contributed by atoms with Crippen LogP contribution in [0.1, 0.15) is 39.1 Å². The second kappa shape index (κ2) is 9.31. The highest BCUT2D eigenvalue weighted by atomic mass is 16.5. The summed E-state index contributed by atoms with van der Waals surface area (Å²) in [6, 6.07) is 18.7. The molecule has 1 aliphatic heterocycles. The molecule has 154 valence electrons. The van der Waals surface area contributed by atoms with Gasteiger partial charge in [-0.2, -0.15) is 0 Å². The van der Waals surface area contributed by atoms with Gasteiger partial charge in [0.15, 0.2) is 0 Å². The standard InChI is InChI=1S/C24H24N2O4/c27-23(22-9-5-4-6-18(22)17-30-21-7-2-1-3-8-21)25-20-10-13-26(14-11-20)24(28)19-12-15-29-16-19/h1-9,12,15-16,20H,10-11,13-14,17H2,(H,25,27). The number of nitrogens with zero attached hydrogens (tertiary/aromatic N) is 1. The maximum atomic E-state index is 12.9. The van der Waals surface area contributed by atoms with Crippen LogP contribution in [0.2, 0.25) is 0 Å². The molecule has 1 N–H and O–H groups in total. The first-order valence-electron chi connectivity index (χ1n) is 10.1. The highest BCUT2D eigenvalue weighted by Gasteiger charge is 2.25. The maximum absolute atomic E-state index is 12.9. The molecule has 0 aliphatic carbocycles. The predicted octanol–water partition coefficient (Wildman–Crippen LogP) is 3.89. The van der Waals surface area contributed by atoms with E-state index in [0.717, 1.165) is 24.2 Å². The largest absolute Gasteiger partial charge is 0.489 e. The summed E-state index contributed by atoms with van der Waals surface area (Å²) >= 11 is 0. The molecule has 1 saturated heterocycles. The first kappa shape index (κ1) is 19.8. The van der Waals surface area contributed by atoms with Gasteiger partial charge in [-0.1, -0.05) is 36.4 Å². The zero-order chi connectivity index (χ0) is 20.8. The topological polar surface area (TPSA) is 71.8 Å². The molecule has 2 aromatic carbocycles. The molecule has 6 heteroatoms. The van der Waals surface area contributed by atoms with Gasteiger partial charge in [0.05, 0.1) is 11.8 Å². The molecule has 0 unspecified atom stereocenters. The highest BCUT2D eigenvalue weighted by Crippen LogP contribution is 2.17. The van der Waals surface area contributed by atoms with E-state index in [2.05, 4.69) is 5.32 Å². The van der Waals surface area contributed by atoms with Gasteiger partial charge in [-0.15, -0.1) is 0 Å². The molecule has 1 fully saturated rings. The number of ether oxygens (including phenoxy) is 1. The molecule has 3 aromatic rings. The van der Waals surface area contributed by atoms with Crippen molar-refractivity contribution < 1.29 is 18.7 Å². The second-order valence-electron chi connectivity index (χ2n) is 7.31. The highest BCUT2D eigenvalue weighted by molar-refractivity contribution is 5.96. The SMILES string of the molecule is O=C(NC1CCN(C(=O)c2ccoc2)CC1)c1ccccc1COc1ccccc1. The van der Waals surface area contributed by atoms with Crippen molar-refractivity contribution in [1.29, 1.82) is 0 Å². The van der Waals surface area contributed by atoms with Gasteiger partial charge >= 0.3 is 0 Å². The molecule has 1 aliphatic rings. The molecule has 0 atom stereocenters. The third-order valence-corrected chi connectivity index (χ3v) is 5.29. The van der Waals surface area contributed by atoms with Crippen LogP contribution >= 0.6 is 0 Å². The fourth-order valence-corrected chi connectivity index (χ4v) is 3.60. The van der Waals surface area contributed by atoms with Crippen LogP contribution in [0.25, 0.3) is 0 Å². The zero-order valence-corrected chi connectivity index (χ0v) is 16.6. The van der Waals surface area contributed by atoms with Gasteiger partial charge in [0.25, 0.3) is 11.8 Å². The lowest BCUT2D eigenvalue weighted by molar-refractivity contribution is 0.0697. The first-order valence-corrected chi connectivity index (χ1v) is 10.1. The summed E-state index contributed by atoms with van der Waals surface area (Å²) in [5.41, 5.74) is 2.02. The molecule has 0 spiro atoms. The van der Waals surface area contributed by atoms with E-state index < -0.39 is 0 Å². The molecule has 2 heterocycles. The van der Waals surface area contributed by atoms with Crippen molar-refractivity contribution in [2.24, 2.45) is 0 Å². The Labute approximate surface area is 175 Å². The number of para-hydroxylation sites is 1. The Morgan fingerprint density at radius 3 is 2.47 bits per heavy atom. The summed E-state index contributed by atoms with van der Waals surface area (Å²) in [4.78, 5) is 27.1. The fraction of sp³-hybridized carbons (Fsp3) is 0.250. The molecular weight excluding hydrogens is 380 g/mol. The lowest BCUT2D eigenvalue weighted by atomic mass is 10.0. The number of carbonyl (C=O) groups excluding carboxylic acids is 2. The van der Waals surface area contributed by atoms with Gasteiger partial charge in [0, 0.05) is 30.3 Å². The summed E-state index contributed by atoms with van der Waals surface area (Å²) in [6.45, 7) is 1.53. The first-order chi connectivity index (χ1) is 14.7. The van der Waals surface area contributed by atoms with Crippen LogP contribution in [-0.4, -0.2) is 35.8 Å². The number of hydrogen-bond acceptors (Lipinski definition) is 4. The van der Waals surface area contributed by atoms with E-state index in [9.17, 15) is 9.59 Å². The number of benzene rings is 2. The van der Waals surface area contributed by atoms with Crippen molar-refractivity contribution in [3.63, 3.8) is 0 Å². The van der Waals surface area contributed by atoms with Crippen LogP contribution < -0.4 is 10.1 Å². The number of amides is 2. The van der Waals surface area contributed by atoms with E-state index in [4.69, 9.17) is 9.15 Å². The summed E-state index contributed by atoms with van der Waals surface area (Å²) in [5.74, 6) is 0.626. The van der Waals surface area contributed by atoms with Crippen molar-refractivity contribution in [2.45, 2.75) is 25.5 Å². The summed E-state index contributed by atoms with van der Waals surface area (Å²) in [7, 11) is 0. The molecule has 6 nitrogen and oxygen atoms in total. The van der Waals surface area contributed by atoms with Crippen molar-refractivity contribution in [3.8, 4) is 5.75 Å². The fourth-order valence-electron chi connectivity index (χ4n) is 3.60. The van der Waals surface area contributed by atoms with Crippen LogP contribution in [0.15, 0.2) is 77.6 Å². The third kappa shape index (κ3) is 4.71. The van der Waals surface area contributed by atoms with Crippen LogP contribution in [-0.2, 0) is 6.61 Å². The Morgan fingerprint density at radius 2 is 1.73 bits per heavy atom. The molecular formula is C24H24N2O4. The number of piperidine rings is 1. The third-order valence-electron chi connectivity index (χ3n) is 5.29. The minimum absolute atomic E-state index is 0.0306. The van der Waals surface area contributed by atoms with Gasteiger partial charge in [0.1, 0.15) is 18.6 Å². The quantitative estimate of drug-likeness (QED) is 0.677. The Kier molecular flexibility index (Phi) is 6.13. The van der Waals surface area contributed by atoms with Crippen LogP contribution in [0.3, 0.4) is 0 Å². The van der Waals surface area contributed by atoms with Crippen LogP contribution in [0.4, 0.5) is 0 Å². The number of hydrogen-bond donors (Lipinski definition) is 1. The van der Waals surface area contributed by atoms with Crippen molar-refractivity contribution in [3.05, 3.63) is 89.9 Å². The molecule has 1 aromatic heterocycles. The minimum atomic E-state index is -0.109. The number of rotatable bonds is 6. The van der Waals surface area contributed by atoms with Gasteiger partial charge < -0.3 is 19.4 Å². The normalized spacial score (nSPS) is 14.3. The minimum Gasteiger partial charge on any atom is -0.489 e. The molecule has 4 rings (SSSR count). The van der Waals surface area contributed by atoms with Crippen molar-refractivity contribution >= 4 is 11.8 Å². The zero-order valence-electron chi connectivity index (χ0n) is 16.6. The van der Waals surface area contributed by atoms with Gasteiger partial charge in [-0.3, -0.25) is 9.59 Å². The Hall–Kier alpha value is -3.54. The van der Waals surface area contributed by atoms with Gasteiger partial charge in [-0.25, -0.2) is 0 Å². The lowest BCUT2D eigenvalue weighted by Crippen LogP contribution is -2.46. The maximum Gasteiger partial charge on any atom is 0.257 e. The van der Waals surface area contributed by atoms with Crippen molar-refractivity contribution in [2.75, 3.05) is 13.1 Å². The number of likely N-dealkylation sites (tertiary alicyclic amines) is 1. The molecule has 0 radical (unpaired) electrons. The predicted molar refractivity (Wildman–Crippen MR) is 112 cm³/mol. The Balaban J connectivity index is 1.33. The molecule has 2 amide bonds. The van der Waals surface area contributed by atoms with E-state index in [-0.39, 0.29) is 17.9 Å². The van der Waals surface area contributed by atoms with Crippen LogP contribution in [0.5, 0.6) is 5.75 Å². The Bertz CT molecular complexity index is 977. The number of carbonyl (C=O) groups is 2. The average molecular weight is 404 g/mol. The van der Waals surface area contributed by atoms with E-state index in [1.807, 2.05) is 54.6 Å². The summed E-state index contributed by atoms with van der Waals surface area (Å²) in [5, 5.41) is 3.12. The summed E-state index contributed by atoms with van der Waals surface area (Å²) in [6.07, 6.45) is 4.40. The second-order valence-corrected chi connectivity index (χ2v) is 7.31. The smallest absolute Gasteiger partial charge is 0.257 e. The summed E-state index contributed by atoms with van der Waals surface area (Å²) < 4.78 is 10.8. The Morgan fingerprint density at radius 1 is 1.00 bits per heavy atom. The molecule has 0 saturated carbocycles. The van der Waals surface area contributed by atoms with Gasteiger partial charge in [-0.05, 0) is 37.1 Å². The van der Waals surface area contributed by atoms with Crippen molar-refractivity contribution in [1.82, 2.24) is 10.2 Å². The monoisotopic (exact) mass is 404 g/mol. The van der Waals surface area contributed by atoms with E-state index >= 15 is 0 Å². The van der Waals surface area contributed by atoms with Crippen LogP contribution in [0, 0.1) is 0 Å². The molecule has 30 heavy (non-hydrogen) atoms. The van der Waals surface area contributed by atoms with E-state index in [0.29, 0.717) is 30.8 Å². The van der Waals surface area contributed by atoms with E-state index in [1.165, 1.54) is 12.5 Å². The van der Waals surface area contributed by atoms with E-state index in [1.54, 1.807) is 11.0 Å². The lowest BCUT2D eigenvalue weighted by Gasteiger charge is -2.32. The molecule has 0 bridgehead atoms. The average Bonchev–Trinajstić information content (AvgIpc) is 3.34.